The quantitative estimate of drug-likeness (QED) is 0.154. The average Bonchev–Trinajstić information content (AvgIpc) is 3.51. The number of carbonyl (C=O) groups excluding carboxylic acids is 4. The van der Waals surface area contributed by atoms with Crippen LogP contribution in [-0.2, 0) is 14.3 Å². The molecule has 2 bridgehead atoms. The highest BCUT2D eigenvalue weighted by Gasteiger charge is 2.59. The summed E-state index contributed by atoms with van der Waals surface area (Å²) < 4.78 is 5.14. The van der Waals surface area contributed by atoms with Crippen molar-refractivity contribution < 1.29 is 28.8 Å². The molecule has 2 aromatic rings. The van der Waals surface area contributed by atoms with Crippen LogP contribution >= 0.6 is 11.6 Å². The zero-order valence-corrected chi connectivity index (χ0v) is 18.3. The fraction of sp³-hybridized carbons (Fsp3) is 0.250. The molecular weight excluding hydrogens is 464 g/mol. The van der Waals surface area contributed by atoms with Gasteiger partial charge >= 0.3 is 5.97 Å². The van der Waals surface area contributed by atoms with Crippen molar-refractivity contribution in [1.29, 1.82) is 0 Å². The second-order valence-corrected chi connectivity index (χ2v) is 8.86. The fourth-order valence-corrected chi connectivity index (χ4v) is 5.29. The van der Waals surface area contributed by atoms with Crippen molar-refractivity contribution >= 4 is 46.5 Å². The Kier molecular flexibility index (Phi) is 5.28. The molecule has 2 amide bonds. The van der Waals surface area contributed by atoms with Crippen LogP contribution < -0.4 is 4.90 Å². The number of rotatable bonds is 6. The fourth-order valence-electron chi connectivity index (χ4n) is 5.10. The number of imide groups is 1. The maximum Gasteiger partial charge on any atom is 0.340 e. The monoisotopic (exact) mass is 480 g/mol. The van der Waals surface area contributed by atoms with Crippen molar-refractivity contribution in [3.05, 3.63) is 80.9 Å². The molecule has 0 N–H and O–H groups in total. The second-order valence-electron chi connectivity index (χ2n) is 8.45. The normalized spacial score (nSPS) is 24.4. The Morgan fingerprint density at radius 3 is 2.35 bits per heavy atom. The van der Waals surface area contributed by atoms with Gasteiger partial charge in [0.1, 0.15) is 5.02 Å². The molecule has 0 aromatic heterocycles. The molecule has 3 aliphatic rings. The first kappa shape index (κ1) is 22.0. The zero-order chi connectivity index (χ0) is 24.1. The zero-order valence-electron chi connectivity index (χ0n) is 17.5. The molecule has 2 fully saturated rings. The lowest BCUT2D eigenvalue weighted by atomic mass is 9.85. The average molecular weight is 481 g/mol. The van der Waals surface area contributed by atoms with Crippen molar-refractivity contribution in [1.82, 2.24) is 0 Å². The number of benzene rings is 2. The maximum atomic E-state index is 13.1. The van der Waals surface area contributed by atoms with Gasteiger partial charge in [-0.1, -0.05) is 35.9 Å². The van der Waals surface area contributed by atoms with Gasteiger partial charge in [-0.25, -0.2) is 9.69 Å². The Labute approximate surface area is 198 Å². The Bertz CT molecular complexity index is 1270. The van der Waals surface area contributed by atoms with Gasteiger partial charge in [0.25, 0.3) is 5.69 Å². The highest BCUT2D eigenvalue weighted by Crippen LogP contribution is 2.53. The summed E-state index contributed by atoms with van der Waals surface area (Å²) in [7, 11) is 0. The summed E-state index contributed by atoms with van der Waals surface area (Å²) in [6, 6.07) is 9.59. The molecule has 0 unspecified atom stereocenters. The molecule has 34 heavy (non-hydrogen) atoms. The maximum absolute atomic E-state index is 13.1. The Hall–Kier alpha value is -3.85. The number of nitro benzene ring substituents is 1. The van der Waals surface area contributed by atoms with Gasteiger partial charge < -0.3 is 4.74 Å². The van der Waals surface area contributed by atoms with Gasteiger partial charge in [-0.3, -0.25) is 24.5 Å². The molecule has 0 spiro atoms. The molecule has 0 radical (unpaired) electrons. The number of esters is 1. The smallest absolute Gasteiger partial charge is 0.340 e. The number of hydrogen-bond acceptors (Lipinski definition) is 7. The van der Waals surface area contributed by atoms with Gasteiger partial charge in [0.05, 0.1) is 28.0 Å². The molecule has 10 heteroatoms. The lowest BCUT2D eigenvalue weighted by molar-refractivity contribution is -0.384. The van der Waals surface area contributed by atoms with E-state index in [2.05, 4.69) is 0 Å². The number of allylic oxidation sites excluding steroid dienone is 2. The van der Waals surface area contributed by atoms with Crippen LogP contribution in [0.3, 0.4) is 0 Å². The highest BCUT2D eigenvalue weighted by molar-refractivity contribution is 6.32. The molecule has 2 aromatic carbocycles. The van der Waals surface area contributed by atoms with Crippen molar-refractivity contribution in [3.63, 3.8) is 0 Å². The first-order valence-corrected chi connectivity index (χ1v) is 10.9. The van der Waals surface area contributed by atoms with Crippen LogP contribution in [0.2, 0.25) is 5.02 Å². The summed E-state index contributed by atoms with van der Waals surface area (Å²) in [5.74, 6) is -3.04. The minimum absolute atomic E-state index is 0.0246. The minimum Gasteiger partial charge on any atom is -0.454 e. The van der Waals surface area contributed by atoms with Gasteiger partial charge in [-0.15, -0.1) is 0 Å². The summed E-state index contributed by atoms with van der Waals surface area (Å²) in [6.07, 6.45) is 4.75. The molecular formula is C24H17ClN2O7. The number of halogens is 1. The first-order valence-electron chi connectivity index (χ1n) is 10.6. The van der Waals surface area contributed by atoms with Gasteiger partial charge in [-0.05, 0) is 42.5 Å². The standard InChI is InChI=1S/C24H17ClN2O7/c25-16-8-7-12(10-18(16)27(32)33)19(28)11-34-24(31)15-3-1-2-4-17(15)26-22(29)20-13-5-6-14(9-13)21(20)23(26)30/h1-8,10,13-14,20-21H,9,11H2/t13-,14+,20-,21-/m0/s1. The number of nitrogens with zero attached hydrogens (tertiary/aromatic N) is 2. The van der Waals surface area contributed by atoms with E-state index in [1.54, 1.807) is 12.1 Å². The summed E-state index contributed by atoms with van der Waals surface area (Å²) in [4.78, 5) is 62.9. The van der Waals surface area contributed by atoms with E-state index in [0.29, 0.717) is 0 Å². The Balaban J connectivity index is 1.34. The van der Waals surface area contributed by atoms with Crippen LogP contribution in [0.15, 0.2) is 54.6 Å². The van der Waals surface area contributed by atoms with Crippen molar-refractivity contribution in [3.8, 4) is 0 Å². The first-order chi connectivity index (χ1) is 16.3. The Morgan fingerprint density at radius 2 is 1.71 bits per heavy atom. The number of carbonyl (C=O) groups is 4. The number of anilines is 1. The lowest BCUT2D eigenvalue weighted by Gasteiger charge is -2.19. The van der Waals surface area contributed by atoms with Crippen LogP contribution in [0, 0.1) is 33.8 Å². The Morgan fingerprint density at radius 1 is 1.06 bits per heavy atom. The number of ketones is 1. The lowest BCUT2D eigenvalue weighted by Crippen LogP contribution is -2.34. The number of Topliss-reactive ketones (excluding diaryl/α,β-unsaturated/α-hetero) is 1. The molecule has 9 nitrogen and oxygen atoms in total. The SMILES string of the molecule is O=C(COC(=O)c1ccccc1N1C(=O)[C@@H]2[C@@H](C1=O)[C@H]1C=C[C@@H]2C1)c1ccc(Cl)c([N+](=O)[O-])c1. The van der Waals surface area contributed by atoms with Gasteiger partial charge in [-0.2, -0.15) is 0 Å². The molecule has 1 heterocycles. The summed E-state index contributed by atoms with van der Waals surface area (Å²) in [5, 5.41) is 10.9. The van der Waals surface area contributed by atoms with Gasteiger partial charge in [0.15, 0.2) is 6.61 Å². The molecule has 4 atom stereocenters. The van der Waals surface area contributed by atoms with Crippen LogP contribution in [0.5, 0.6) is 0 Å². The van der Waals surface area contributed by atoms with Gasteiger partial charge in [0, 0.05) is 11.6 Å². The predicted octanol–water partition coefficient (Wildman–Crippen LogP) is 3.60. The highest BCUT2D eigenvalue weighted by atomic mass is 35.5. The molecule has 172 valence electrons. The summed E-state index contributed by atoms with van der Waals surface area (Å²) in [5.41, 5.74) is -0.396. The van der Waals surface area contributed by atoms with Gasteiger partial charge in [0.2, 0.25) is 17.6 Å². The summed E-state index contributed by atoms with van der Waals surface area (Å²) in [6.45, 7) is -0.687. The third-order valence-corrected chi connectivity index (χ3v) is 6.95. The number of para-hydroxylation sites is 1. The third-order valence-electron chi connectivity index (χ3n) is 6.63. The summed E-state index contributed by atoms with van der Waals surface area (Å²) >= 11 is 5.76. The van der Waals surface area contributed by atoms with E-state index in [-0.39, 0.29) is 45.5 Å². The van der Waals surface area contributed by atoms with Crippen LogP contribution in [0.25, 0.3) is 0 Å². The van der Waals surface area contributed by atoms with E-state index < -0.39 is 40.8 Å². The predicted molar refractivity (Wildman–Crippen MR) is 119 cm³/mol. The van der Waals surface area contributed by atoms with E-state index in [4.69, 9.17) is 16.3 Å². The van der Waals surface area contributed by atoms with Crippen molar-refractivity contribution in [2.24, 2.45) is 23.7 Å². The van der Waals surface area contributed by atoms with Crippen molar-refractivity contribution in [2.45, 2.75) is 6.42 Å². The van der Waals surface area contributed by atoms with E-state index >= 15 is 0 Å². The van der Waals surface area contributed by atoms with Crippen LogP contribution in [-0.4, -0.2) is 35.1 Å². The third kappa shape index (κ3) is 3.40. The number of hydrogen-bond donors (Lipinski definition) is 0. The van der Waals surface area contributed by atoms with Crippen molar-refractivity contribution in [2.75, 3.05) is 11.5 Å². The molecule has 1 saturated carbocycles. The van der Waals surface area contributed by atoms with E-state index in [1.165, 1.54) is 24.3 Å². The molecule has 2 aliphatic carbocycles. The van der Waals surface area contributed by atoms with E-state index in [9.17, 15) is 29.3 Å². The van der Waals surface area contributed by atoms with E-state index in [1.807, 2.05) is 12.2 Å². The molecule has 1 aliphatic heterocycles. The number of nitro groups is 1. The topological polar surface area (TPSA) is 124 Å². The second kappa shape index (κ2) is 8.18. The number of ether oxygens (including phenoxy) is 1. The largest absolute Gasteiger partial charge is 0.454 e. The minimum atomic E-state index is -0.897. The molecule has 5 rings (SSSR count). The van der Waals surface area contributed by atoms with E-state index in [0.717, 1.165) is 17.4 Å². The van der Waals surface area contributed by atoms with Crippen LogP contribution in [0.4, 0.5) is 11.4 Å². The van der Waals surface area contributed by atoms with Crippen LogP contribution in [0.1, 0.15) is 27.1 Å². The number of amides is 2. The number of fused-ring (bicyclic) bond motifs is 5. The molecule has 1 saturated heterocycles.